The number of hydrogen-bond acceptors (Lipinski definition) is 4. The van der Waals surface area contributed by atoms with Crippen LogP contribution in [0, 0.1) is 0 Å². The van der Waals surface area contributed by atoms with Gasteiger partial charge in [-0.3, -0.25) is 0 Å². The molecular formula is C22H36O4Si. The van der Waals surface area contributed by atoms with Crippen LogP contribution in [0.4, 0.5) is 0 Å². The fourth-order valence-corrected chi connectivity index (χ4v) is 4.20. The van der Waals surface area contributed by atoms with E-state index in [2.05, 4.69) is 40.4 Å². The maximum absolute atomic E-state index is 6.52. The second-order valence-electron chi connectivity index (χ2n) is 8.82. The van der Waals surface area contributed by atoms with E-state index in [4.69, 9.17) is 18.6 Å². The molecule has 5 heteroatoms. The number of ether oxygens (including phenoxy) is 3. The van der Waals surface area contributed by atoms with Gasteiger partial charge < -0.3 is 18.6 Å². The molecule has 1 aromatic carbocycles. The number of benzene rings is 1. The second kappa shape index (κ2) is 9.37. The fraction of sp³-hybridized carbons (Fsp3) is 0.636. The van der Waals surface area contributed by atoms with E-state index in [1.54, 1.807) is 7.11 Å². The highest BCUT2D eigenvalue weighted by Crippen LogP contribution is 2.39. The van der Waals surface area contributed by atoms with Gasteiger partial charge in [-0.05, 0) is 48.7 Å². The van der Waals surface area contributed by atoms with Crippen LogP contribution in [-0.2, 0) is 20.5 Å². The molecule has 1 fully saturated rings. The molecule has 0 N–H and O–H groups in total. The lowest BCUT2D eigenvalue weighted by Gasteiger charge is -2.39. The summed E-state index contributed by atoms with van der Waals surface area (Å²) in [7, 11) is -0.177. The van der Waals surface area contributed by atoms with Crippen molar-refractivity contribution in [3.05, 3.63) is 42.5 Å². The molecule has 1 heterocycles. The quantitative estimate of drug-likeness (QED) is 0.420. The first-order chi connectivity index (χ1) is 12.7. The summed E-state index contributed by atoms with van der Waals surface area (Å²) in [6.45, 7) is 16.5. The normalized spacial score (nSPS) is 21.9. The van der Waals surface area contributed by atoms with Crippen molar-refractivity contribution < 1.29 is 18.6 Å². The lowest BCUT2D eigenvalue weighted by molar-refractivity contribution is -0.0480. The van der Waals surface area contributed by atoms with Gasteiger partial charge in [0.1, 0.15) is 5.75 Å². The van der Waals surface area contributed by atoms with Crippen LogP contribution in [0.15, 0.2) is 36.9 Å². The van der Waals surface area contributed by atoms with Gasteiger partial charge in [0.2, 0.25) is 0 Å². The summed E-state index contributed by atoms with van der Waals surface area (Å²) in [4.78, 5) is 0. The van der Waals surface area contributed by atoms with E-state index in [0.717, 1.165) is 24.2 Å². The lowest BCUT2D eigenvalue weighted by Crippen LogP contribution is -2.46. The molecule has 27 heavy (non-hydrogen) atoms. The Hall–Kier alpha value is -1.14. The molecule has 1 aliphatic rings. The molecule has 1 saturated heterocycles. The first-order valence-corrected chi connectivity index (χ1v) is 12.7. The van der Waals surface area contributed by atoms with E-state index >= 15 is 0 Å². The average Bonchev–Trinajstić information content (AvgIpc) is 3.08. The molecule has 0 unspecified atom stereocenters. The molecular weight excluding hydrogens is 356 g/mol. The summed E-state index contributed by atoms with van der Waals surface area (Å²) in [6, 6.07) is 7.96. The molecule has 0 aliphatic carbocycles. The van der Waals surface area contributed by atoms with Crippen molar-refractivity contribution in [2.45, 2.75) is 76.7 Å². The van der Waals surface area contributed by atoms with Crippen LogP contribution in [-0.4, -0.2) is 40.3 Å². The van der Waals surface area contributed by atoms with Crippen LogP contribution in [0.2, 0.25) is 18.1 Å². The Morgan fingerprint density at radius 1 is 1.22 bits per heavy atom. The Morgan fingerprint density at radius 2 is 1.89 bits per heavy atom. The molecule has 0 saturated carbocycles. The van der Waals surface area contributed by atoms with Crippen molar-refractivity contribution >= 4 is 8.32 Å². The topological polar surface area (TPSA) is 36.9 Å². The van der Waals surface area contributed by atoms with Crippen LogP contribution in [0.25, 0.3) is 0 Å². The zero-order valence-corrected chi connectivity index (χ0v) is 18.8. The summed E-state index contributed by atoms with van der Waals surface area (Å²) < 4.78 is 23.8. The SMILES string of the molecule is C=C[C@@H](O[Si](C)(C)C(C)(C)C)[C@H]1CC[C@H](COCc2ccc(OC)cc2)O1. The molecule has 4 nitrogen and oxygen atoms in total. The molecule has 152 valence electrons. The molecule has 0 spiro atoms. The van der Waals surface area contributed by atoms with Crippen LogP contribution < -0.4 is 4.74 Å². The molecule has 0 amide bonds. The van der Waals surface area contributed by atoms with E-state index in [-0.39, 0.29) is 23.4 Å². The first-order valence-electron chi connectivity index (χ1n) is 9.83. The fourth-order valence-electron chi connectivity index (χ4n) is 2.92. The number of rotatable bonds is 9. The molecule has 0 radical (unpaired) electrons. The van der Waals surface area contributed by atoms with Crippen LogP contribution in [0.5, 0.6) is 5.75 Å². The molecule has 1 aliphatic heterocycles. The summed E-state index contributed by atoms with van der Waals surface area (Å²) >= 11 is 0. The molecule has 1 aromatic rings. The monoisotopic (exact) mass is 392 g/mol. The van der Waals surface area contributed by atoms with E-state index in [9.17, 15) is 0 Å². The van der Waals surface area contributed by atoms with E-state index in [0.29, 0.717) is 13.2 Å². The summed E-state index contributed by atoms with van der Waals surface area (Å²) in [5.41, 5.74) is 1.13. The number of methoxy groups -OCH3 is 1. The van der Waals surface area contributed by atoms with Crippen molar-refractivity contribution in [2.24, 2.45) is 0 Å². The van der Waals surface area contributed by atoms with Gasteiger partial charge in [-0.2, -0.15) is 0 Å². The highest BCUT2D eigenvalue weighted by Gasteiger charge is 2.41. The molecule has 0 aromatic heterocycles. The Kier molecular flexibility index (Phi) is 7.69. The lowest BCUT2D eigenvalue weighted by atomic mass is 10.1. The number of hydrogen-bond donors (Lipinski definition) is 0. The van der Waals surface area contributed by atoms with E-state index in [1.807, 2.05) is 30.3 Å². The summed E-state index contributed by atoms with van der Waals surface area (Å²) in [5, 5.41) is 0.174. The van der Waals surface area contributed by atoms with Gasteiger partial charge >= 0.3 is 0 Å². The van der Waals surface area contributed by atoms with Crippen LogP contribution >= 0.6 is 0 Å². The highest BCUT2D eigenvalue weighted by atomic mass is 28.4. The third-order valence-corrected chi connectivity index (χ3v) is 10.2. The molecule has 2 rings (SSSR count). The van der Waals surface area contributed by atoms with Crippen molar-refractivity contribution in [3.8, 4) is 5.75 Å². The third-order valence-electron chi connectivity index (χ3n) is 5.71. The molecule has 3 atom stereocenters. The average molecular weight is 393 g/mol. The second-order valence-corrected chi connectivity index (χ2v) is 13.6. The summed E-state index contributed by atoms with van der Waals surface area (Å²) in [5.74, 6) is 0.859. The van der Waals surface area contributed by atoms with E-state index < -0.39 is 8.32 Å². The Morgan fingerprint density at radius 3 is 2.44 bits per heavy atom. The maximum atomic E-state index is 6.52. The van der Waals surface area contributed by atoms with Crippen LogP contribution in [0.1, 0.15) is 39.2 Å². The maximum Gasteiger partial charge on any atom is 0.193 e. The first kappa shape index (κ1) is 22.1. The zero-order chi connectivity index (χ0) is 20.1. The largest absolute Gasteiger partial charge is 0.497 e. The Bertz CT molecular complexity index is 591. The van der Waals surface area contributed by atoms with E-state index in [1.165, 1.54) is 0 Å². The van der Waals surface area contributed by atoms with Crippen molar-refractivity contribution in [2.75, 3.05) is 13.7 Å². The predicted octanol–water partition coefficient (Wildman–Crippen LogP) is 5.34. The zero-order valence-electron chi connectivity index (χ0n) is 17.8. The smallest absolute Gasteiger partial charge is 0.193 e. The van der Waals surface area contributed by atoms with Gasteiger partial charge in [-0.25, -0.2) is 0 Å². The van der Waals surface area contributed by atoms with Gasteiger partial charge in [0.05, 0.1) is 38.6 Å². The standard InChI is InChI=1S/C22H36O4Si/c1-8-20(26-27(6,7)22(2,3)4)21-14-13-19(25-21)16-24-15-17-9-11-18(23-5)12-10-17/h8-12,19-21H,1,13-16H2,2-7H3/t19-,20-,21-/m1/s1. The van der Waals surface area contributed by atoms with Crippen LogP contribution in [0.3, 0.4) is 0 Å². The Balaban J connectivity index is 1.80. The van der Waals surface area contributed by atoms with Gasteiger partial charge in [0.25, 0.3) is 0 Å². The molecule has 0 bridgehead atoms. The predicted molar refractivity (Wildman–Crippen MR) is 113 cm³/mol. The Labute approximate surface area is 166 Å². The van der Waals surface area contributed by atoms with Gasteiger partial charge in [0.15, 0.2) is 8.32 Å². The minimum Gasteiger partial charge on any atom is -0.497 e. The van der Waals surface area contributed by atoms with Crippen molar-refractivity contribution in [1.29, 1.82) is 0 Å². The van der Waals surface area contributed by atoms with Gasteiger partial charge in [0, 0.05) is 0 Å². The van der Waals surface area contributed by atoms with Gasteiger partial charge in [-0.15, -0.1) is 6.58 Å². The van der Waals surface area contributed by atoms with Crippen molar-refractivity contribution in [1.82, 2.24) is 0 Å². The summed E-state index contributed by atoms with van der Waals surface area (Å²) in [6.07, 6.45) is 4.05. The minimum atomic E-state index is -1.85. The third kappa shape index (κ3) is 6.18. The minimum absolute atomic E-state index is 0.0440. The highest BCUT2D eigenvalue weighted by molar-refractivity contribution is 6.74. The van der Waals surface area contributed by atoms with Crippen molar-refractivity contribution in [3.63, 3.8) is 0 Å². The van der Waals surface area contributed by atoms with Gasteiger partial charge in [-0.1, -0.05) is 39.0 Å².